The molecule has 4 aromatic rings. The Morgan fingerprint density at radius 3 is 2.21 bits per heavy atom. The molecule has 0 spiro atoms. The molecule has 228 valence electrons. The zero-order valence-corrected chi connectivity index (χ0v) is 24.6. The number of fused-ring (bicyclic) bond motifs is 1. The third-order valence-electron chi connectivity index (χ3n) is 7.39. The molecule has 9 nitrogen and oxygen atoms in total. The highest BCUT2D eigenvalue weighted by Crippen LogP contribution is 2.36. The number of aryl methyl sites for hydroxylation is 1. The summed E-state index contributed by atoms with van der Waals surface area (Å²) in [5, 5.41) is 0.185. The molecule has 0 radical (unpaired) electrons. The van der Waals surface area contributed by atoms with E-state index in [1.165, 1.54) is 10.6 Å². The topological polar surface area (TPSA) is 101 Å². The number of benzene rings is 1. The summed E-state index contributed by atoms with van der Waals surface area (Å²) in [6.45, 7) is 6.77. The van der Waals surface area contributed by atoms with E-state index in [0.717, 1.165) is 16.7 Å². The van der Waals surface area contributed by atoms with Gasteiger partial charge in [0.05, 0.1) is 23.0 Å². The summed E-state index contributed by atoms with van der Waals surface area (Å²) in [6, 6.07) is 2.23. The molecule has 1 saturated heterocycles. The number of anilines is 2. The molecule has 3 aromatic heterocycles. The van der Waals surface area contributed by atoms with Gasteiger partial charge in [-0.15, -0.1) is 0 Å². The van der Waals surface area contributed by atoms with Gasteiger partial charge in [-0.25, -0.2) is 44.7 Å². The standard InChI is InChI=1S/C28H27F5N6O3S/c1-13(2)22-23(14(3)6-7-34-22)39-26-17(10-16(29)11-35-26)27(36-28(39)40)38-9-8-37(12-15(38)4)24-18(30)20(32)25(43(5,41)42)21(33)19(24)31/h6-7,10-11,13,15H,8-9,12H2,1-5H3/t15-/m0/s1. The number of rotatable bonds is 5. The van der Waals surface area contributed by atoms with Crippen LogP contribution in [-0.2, 0) is 9.84 Å². The molecule has 5 rings (SSSR count). The number of aromatic nitrogens is 4. The van der Waals surface area contributed by atoms with Gasteiger partial charge in [-0.2, -0.15) is 4.98 Å². The Hall–Kier alpha value is -4.14. The van der Waals surface area contributed by atoms with Crippen molar-refractivity contribution in [3.63, 3.8) is 0 Å². The molecule has 4 heterocycles. The van der Waals surface area contributed by atoms with Gasteiger partial charge >= 0.3 is 5.69 Å². The molecule has 0 bridgehead atoms. The zero-order valence-electron chi connectivity index (χ0n) is 23.8. The first-order valence-electron chi connectivity index (χ1n) is 13.2. The molecule has 0 unspecified atom stereocenters. The maximum atomic E-state index is 15.0. The Labute approximate surface area is 243 Å². The number of sulfone groups is 1. The van der Waals surface area contributed by atoms with Gasteiger partial charge in [-0.3, -0.25) is 4.98 Å². The van der Waals surface area contributed by atoms with Gasteiger partial charge < -0.3 is 9.80 Å². The highest BCUT2D eigenvalue weighted by Gasteiger charge is 2.36. The van der Waals surface area contributed by atoms with E-state index in [1.807, 2.05) is 13.8 Å². The van der Waals surface area contributed by atoms with Gasteiger partial charge in [-0.1, -0.05) is 13.8 Å². The van der Waals surface area contributed by atoms with Crippen molar-refractivity contribution in [2.24, 2.45) is 0 Å². The van der Waals surface area contributed by atoms with Gasteiger partial charge in [0, 0.05) is 38.1 Å². The molecular weight excluding hydrogens is 595 g/mol. The van der Waals surface area contributed by atoms with E-state index in [9.17, 15) is 35.2 Å². The molecule has 1 fully saturated rings. The van der Waals surface area contributed by atoms with Crippen molar-refractivity contribution in [1.29, 1.82) is 0 Å². The van der Waals surface area contributed by atoms with E-state index in [2.05, 4.69) is 15.0 Å². The summed E-state index contributed by atoms with van der Waals surface area (Å²) in [6.07, 6.45) is 3.03. The Morgan fingerprint density at radius 2 is 1.63 bits per heavy atom. The molecule has 1 atom stereocenters. The van der Waals surface area contributed by atoms with Crippen LogP contribution >= 0.6 is 0 Å². The molecular formula is C28H27F5N6O3S. The van der Waals surface area contributed by atoms with E-state index >= 15 is 0 Å². The van der Waals surface area contributed by atoms with E-state index in [-0.39, 0.29) is 42.4 Å². The summed E-state index contributed by atoms with van der Waals surface area (Å²) < 4.78 is 98.6. The normalized spacial score (nSPS) is 16.0. The van der Waals surface area contributed by atoms with Gasteiger partial charge in [0.15, 0.2) is 38.8 Å². The largest absolute Gasteiger partial charge is 0.363 e. The van der Waals surface area contributed by atoms with Crippen LogP contribution in [0.2, 0.25) is 0 Å². The van der Waals surface area contributed by atoms with Crippen LogP contribution in [0, 0.1) is 36.0 Å². The number of hydrogen-bond acceptors (Lipinski definition) is 8. The quantitative estimate of drug-likeness (QED) is 0.238. The second-order valence-electron chi connectivity index (χ2n) is 10.8. The van der Waals surface area contributed by atoms with Crippen molar-refractivity contribution in [3.8, 4) is 5.69 Å². The van der Waals surface area contributed by atoms with Gasteiger partial charge in [0.2, 0.25) is 0 Å². The molecule has 0 N–H and O–H groups in total. The highest BCUT2D eigenvalue weighted by molar-refractivity contribution is 7.90. The Morgan fingerprint density at radius 1 is 0.977 bits per heavy atom. The van der Waals surface area contributed by atoms with E-state index in [0.29, 0.717) is 17.6 Å². The second kappa shape index (κ2) is 10.8. The smallest absolute Gasteiger partial charge is 0.355 e. The number of piperazine rings is 1. The fourth-order valence-corrected chi connectivity index (χ4v) is 6.28. The van der Waals surface area contributed by atoms with Crippen molar-refractivity contribution < 1.29 is 30.4 Å². The average Bonchev–Trinajstić information content (AvgIpc) is 2.92. The summed E-state index contributed by atoms with van der Waals surface area (Å²) in [7, 11) is -4.61. The highest BCUT2D eigenvalue weighted by atomic mass is 32.2. The Balaban J connectivity index is 1.60. The van der Waals surface area contributed by atoms with Crippen molar-refractivity contribution in [2.45, 2.75) is 44.6 Å². The maximum absolute atomic E-state index is 15.0. The summed E-state index contributed by atoms with van der Waals surface area (Å²) in [5.74, 6) is -8.43. The van der Waals surface area contributed by atoms with Crippen LogP contribution in [0.15, 0.2) is 34.2 Å². The molecule has 0 amide bonds. The van der Waals surface area contributed by atoms with E-state index in [4.69, 9.17) is 0 Å². The zero-order chi connectivity index (χ0) is 31.5. The van der Waals surface area contributed by atoms with Gasteiger partial charge in [0.25, 0.3) is 0 Å². The van der Waals surface area contributed by atoms with Crippen LogP contribution in [0.5, 0.6) is 0 Å². The third-order valence-corrected chi connectivity index (χ3v) is 8.49. The Bertz CT molecular complexity index is 1920. The van der Waals surface area contributed by atoms with Gasteiger partial charge in [-0.05, 0) is 37.5 Å². The molecule has 15 heteroatoms. The van der Waals surface area contributed by atoms with Crippen LogP contribution in [0.4, 0.5) is 33.5 Å². The van der Waals surface area contributed by atoms with Crippen molar-refractivity contribution in [1.82, 2.24) is 19.5 Å². The lowest BCUT2D eigenvalue weighted by Gasteiger charge is -2.42. The van der Waals surface area contributed by atoms with E-state index < -0.39 is 61.2 Å². The van der Waals surface area contributed by atoms with E-state index in [1.54, 1.807) is 31.0 Å². The Kier molecular flexibility index (Phi) is 7.65. The maximum Gasteiger partial charge on any atom is 0.355 e. The lowest BCUT2D eigenvalue weighted by Crippen LogP contribution is -2.53. The van der Waals surface area contributed by atoms with Gasteiger partial charge in [0.1, 0.15) is 22.2 Å². The first kappa shape index (κ1) is 30.3. The number of halogens is 5. The average molecular weight is 623 g/mol. The SMILES string of the molecule is Cc1ccnc(C(C)C)c1-n1c(=O)nc(N2CCN(c3c(F)c(F)c(S(C)(=O)=O)c(F)c3F)C[C@@H]2C)c2cc(F)cnc21. The molecule has 1 aliphatic heterocycles. The molecule has 1 aliphatic rings. The van der Waals surface area contributed by atoms with Crippen LogP contribution < -0.4 is 15.5 Å². The molecule has 43 heavy (non-hydrogen) atoms. The molecule has 0 aliphatic carbocycles. The number of pyridine rings is 2. The summed E-state index contributed by atoms with van der Waals surface area (Å²) in [5.41, 5.74) is 0.138. The number of nitrogens with zero attached hydrogens (tertiary/aromatic N) is 6. The third kappa shape index (κ3) is 5.08. The monoisotopic (exact) mass is 622 g/mol. The summed E-state index contributed by atoms with van der Waals surface area (Å²) in [4.78, 5) is 27.5. The van der Waals surface area contributed by atoms with Crippen LogP contribution in [-0.4, -0.2) is 59.9 Å². The number of hydrogen-bond donors (Lipinski definition) is 0. The lowest BCUT2D eigenvalue weighted by atomic mass is 10.0. The lowest BCUT2D eigenvalue weighted by molar-refractivity contribution is 0.413. The molecule has 1 aromatic carbocycles. The first-order valence-corrected chi connectivity index (χ1v) is 15.1. The van der Waals surface area contributed by atoms with Crippen LogP contribution in [0.25, 0.3) is 16.7 Å². The fraction of sp³-hybridized carbons (Fsp3) is 0.357. The van der Waals surface area contributed by atoms with Crippen LogP contribution in [0.1, 0.15) is 37.9 Å². The van der Waals surface area contributed by atoms with Crippen molar-refractivity contribution >= 4 is 32.4 Å². The second-order valence-corrected chi connectivity index (χ2v) is 12.7. The molecule has 0 saturated carbocycles. The van der Waals surface area contributed by atoms with Crippen molar-refractivity contribution in [3.05, 3.63) is 75.4 Å². The minimum Gasteiger partial charge on any atom is -0.363 e. The minimum atomic E-state index is -4.61. The fourth-order valence-electron chi connectivity index (χ4n) is 5.45. The van der Waals surface area contributed by atoms with Crippen molar-refractivity contribution in [2.75, 3.05) is 35.7 Å². The minimum absolute atomic E-state index is 0.0532. The summed E-state index contributed by atoms with van der Waals surface area (Å²) >= 11 is 0. The predicted molar refractivity (Wildman–Crippen MR) is 150 cm³/mol. The predicted octanol–water partition coefficient (Wildman–Crippen LogP) is 4.42. The van der Waals surface area contributed by atoms with Crippen LogP contribution in [0.3, 0.4) is 0 Å². The first-order chi connectivity index (χ1) is 20.1.